The molecule has 154 valence electrons. The van der Waals surface area contributed by atoms with E-state index in [1.165, 1.54) is 17.2 Å². The van der Waals surface area contributed by atoms with Gasteiger partial charge in [0.1, 0.15) is 5.41 Å². The van der Waals surface area contributed by atoms with E-state index >= 15 is 0 Å². The molecule has 1 saturated carbocycles. The zero-order chi connectivity index (χ0) is 21.1. The molecular formula is C19H19F3N4O3. The molecule has 10 heteroatoms. The van der Waals surface area contributed by atoms with Gasteiger partial charge in [0.05, 0.1) is 19.2 Å². The summed E-state index contributed by atoms with van der Waals surface area (Å²) in [4.78, 5) is 21.6. The first-order valence-electron chi connectivity index (χ1n) is 9.15. The van der Waals surface area contributed by atoms with Gasteiger partial charge in [-0.15, -0.1) is 0 Å². The first kappa shape index (κ1) is 20.8. The number of carbonyl (C=O) groups is 1. The van der Waals surface area contributed by atoms with Gasteiger partial charge in [0.2, 0.25) is 5.82 Å². The number of alkyl halides is 3. The zero-order valence-electron chi connectivity index (χ0n) is 15.7. The second-order valence-corrected chi connectivity index (χ2v) is 6.84. The van der Waals surface area contributed by atoms with E-state index in [2.05, 4.69) is 20.7 Å². The van der Waals surface area contributed by atoms with E-state index in [-0.39, 0.29) is 18.3 Å². The lowest BCUT2D eigenvalue weighted by molar-refractivity contribution is -0.194. The van der Waals surface area contributed by atoms with Crippen molar-refractivity contribution < 1.29 is 27.3 Å². The van der Waals surface area contributed by atoms with Gasteiger partial charge >= 0.3 is 12.1 Å². The van der Waals surface area contributed by atoms with Crippen LogP contribution in [0.15, 0.2) is 28.8 Å². The Hall–Kier alpha value is -2.93. The Morgan fingerprint density at radius 2 is 2.03 bits per heavy atom. The lowest BCUT2D eigenvalue weighted by Gasteiger charge is -2.24. The highest BCUT2D eigenvalue weighted by atomic mass is 19.4. The van der Waals surface area contributed by atoms with Gasteiger partial charge in [0, 0.05) is 5.56 Å². The van der Waals surface area contributed by atoms with Crippen LogP contribution >= 0.6 is 0 Å². The summed E-state index contributed by atoms with van der Waals surface area (Å²) in [7, 11) is 0. The number of halogens is 3. The molecule has 1 aliphatic rings. The van der Waals surface area contributed by atoms with E-state index in [1.807, 2.05) is 6.92 Å². The number of benzene rings is 1. The molecule has 1 aromatic heterocycles. The normalized spacial score (nSPS) is 15.0. The SMILES string of the molecule is CCCCON(Cc1ccc(-c2noc(C(F)(F)F)n2)cc1)C(=O)C1(C#N)CC1. The molecule has 0 unspecified atom stereocenters. The van der Waals surface area contributed by atoms with Gasteiger partial charge in [-0.2, -0.15) is 23.4 Å². The van der Waals surface area contributed by atoms with Crippen molar-refractivity contribution in [3.8, 4) is 17.5 Å². The van der Waals surface area contributed by atoms with Crippen LogP contribution in [-0.2, 0) is 22.4 Å². The molecule has 2 aromatic rings. The first-order valence-corrected chi connectivity index (χ1v) is 9.15. The average Bonchev–Trinajstić information content (AvgIpc) is 3.33. The van der Waals surface area contributed by atoms with Gasteiger partial charge in [-0.05, 0) is 24.8 Å². The molecule has 1 aromatic carbocycles. The third-order valence-corrected chi connectivity index (χ3v) is 4.55. The largest absolute Gasteiger partial charge is 0.471 e. The topological polar surface area (TPSA) is 92.2 Å². The summed E-state index contributed by atoms with van der Waals surface area (Å²) < 4.78 is 42.0. The molecule has 7 nitrogen and oxygen atoms in total. The van der Waals surface area contributed by atoms with Crippen molar-refractivity contribution in [3.05, 3.63) is 35.7 Å². The fourth-order valence-electron chi connectivity index (χ4n) is 2.61. The molecule has 0 saturated heterocycles. The number of nitrogens with zero attached hydrogens (tertiary/aromatic N) is 4. The number of aromatic nitrogens is 2. The number of hydrogen-bond acceptors (Lipinski definition) is 6. The molecule has 1 aliphatic carbocycles. The summed E-state index contributed by atoms with van der Waals surface area (Å²) in [5, 5.41) is 13.8. The van der Waals surface area contributed by atoms with Crippen molar-refractivity contribution in [2.24, 2.45) is 5.41 Å². The van der Waals surface area contributed by atoms with Crippen LogP contribution in [0, 0.1) is 16.7 Å². The van der Waals surface area contributed by atoms with Crippen LogP contribution in [0.4, 0.5) is 13.2 Å². The van der Waals surface area contributed by atoms with Crippen LogP contribution < -0.4 is 0 Å². The van der Waals surface area contributed by atoms with Gasteiger partial charge in [-0.25, -0.2) is 5.06 Å². The molecule has 0 aliphatic heterocycles. The molecule has 0 spiro atoms. The second-order valence-electron chi connectivity index (χ2n) is 6.84. The minimum Gasteiger partial charge on any atom is -0.329 e. The van der Waals surface area contributed by atoms with E-state index in [4.69, 9.17) is 4.84 Å². The summed E-state index contributed by atoms with van der Waals surface area (Å²) in [5.74, 6) is -1.96. The summed E-state index contributed by atoms with van der Waals surface area (Å²) >= 11 is 0. The number of carbonyl (C=O) groups excluding carboxylic acids is 1. The van der Waals surface area contributed by atoms with Gasteiger partial charge in [0.15, 0.2) is 0 Å². The minimum absolute atomic E-state index is 0.117. The predicted molar refractivity (Wildman–Crippen MR) is 93.4 cm³/mol. The molecular weight excluding hydrogens is 389 g/mol. The second kappa shape index (κ2) is 8.21. The zero-order valence-corrected chi connectivity index (χ0v) is 15.7. The standard InChI is InChI=1S/C19H19F3N4O3/c1-2-3-10-28-26(17(27)18(12-23)8-9-18)11-13-4-6-14(7-5-13)15-24-16(29-25-15)19(20,21)22/h4-7H,2-3,8-11H2,1H3. The van der Waals surface area contributed by atoms with Crippen molar-refractivity contribution in [2.45, 2.75) is 45.3 Å². The van der Waals surface area contributed by atoms with Crippen molar-refractivity contribution in [2.75, 3.05) is 6.61 Å². The molecule has 29 heavy (non-hydrogen) atoms. The summed E-state index contributed by atoms with van der Waals surface area (Å²) in [6.45, 7) is 2.46. The number of rotatable bonds is 8. The molecule has 1 amide bonds. The Morgan fingerprint density at radius 1 is 1.34 bits per heavy atom. The molecule has 0 bridgehead atoms. The molecule has 1 heterocycles. The van der Waals surface area contributed by atoms with E-state index in [1.54, 1.807) is 12.1 Å². The lowest BCUT2D eigenvalue weighted by atomic mass is 10.1. The highest BCUT2D eigenvalue weighted by Crippen LogP contribution is 2.46. The smallest absolute Gasteiger partial charge is 0.329 e. The monoisotopic (exact) mass is 408 g/mol. The van der Waals surface area contributed by atoms with Crippen LogP contribution in [0.25, 0.3) is 11.4 Å². The fourth-order valence-corrected chi connectivity index (χ4v) is 2.61. The molecule has 3 rings (SSSR count). The average molecular weight is 408 g/mol. The summed E-state index contributed by atoms with van der Waals surface area (Å²) in [5.41, 5.74) is 0.0190. The number of nitriles is 1. The Labute approximate surface area is 165 Å². The number of amides is 1. The van der Waals surface area contributed by atoms with Gasteiger partial charge < -0.3 is 4.52 Å². The summed E-state index contributed by atoms with van der Waals surface area (Å²) in [6.07, 6.45) is -2.03. The van der Waals surface area contributed by atoms with Crippen LogP contribution in [0.3, 0.4) is 0 Å². The molecule has 0 N–H and O–H groups in total. The van der Waals surface area contributed by atoms with E-state index in [9.17, 15) is 23.2 Å². The fraction of sp³-hybridized carbons (Fsp3) is 0.474. The first-order chi connectivity index (χ1) is 13.8. The van der Waals surface area contributed by atoms with Crippen molar-refractivity contribution in [1.82, 2.24) is 15.2 Å². The highest BCUT2D eigenvalue weighted by molar-refractivity contribution is 5.87. The lowest BCUT2D eigenvalue weighted by Crippen LogP contribution is -2.36. The Morgan fingerprint density at radius 3 is 2.55 bits per heavy atom. The predicted octanol–water partition coefficient (Wildman–Crippen LogP) is 4.12. The number of unbranched alkanes of at least 4 members (excludes halogenated alkanes) is 1. The number of hydroxylamine groups is 2. The Kier molecular flexibility index (Phi) is 5.88. The quantitative estimate of drug-likeness (QED) is 0.482. The van der Waals surface area contributed by atoms with E-state index < -0.39 is 17.5 Å². The van der Waals surface area contributed by atoms with Gasteiger partial charge in [-0.1, -0.05) is 42.8 Å². The Balaban J connectivity index is 1.72. The van der Waals surface area contributed by atoms with E-state index in [0.29, 0.717) is 30.6 Å². The van der Waals surface area contributed by atoms with Crippen molar-refractivity contribution >= 4 is 5.91 Å². The van der Waals surface area contributed by atoms with Crippen LogP contribution in [0.5, 0.6) is 0 Å². The maximum absolute atomic E-state index is 12.7. The molecule has 1 fully saturated rings. The van der Waals surface area contributed by atoms with Crippen LogP contribution in [0.1, 0.15) is 44.1 Å². The van der Waals surface area contributed by atoms with Crippen LogP contribution in [-0.4, -0.2) is 27.7 Å². The maximum atomic E-state index is 12.7. The maximum Gasteiger partial charge on any atom is 0.471 e. The molecule has 0 atom stereocenters. The highest BCUT2D eigenvalue weighted by Gasteiger charge is 2.53. The molecule has 0 radical (unpaired) electrons. The number of hydrogen-bond donors (Lipinski definition) is 0. The van der Waals surface area contributed by atoms with Crippen LogP contribution in [0.2, 0.25) is 0 Å². The Bertz CT molecular complexity index is 899. The third-order valence-electron chi connectivity index (χ3n) is 4.55. The van der Waals surface area contributed by atoms with Gasteiger partial charge in [0.25, 0.3) is 5.91 Å². The van der Waals surface area contributed by atoms with Gasteiger partial charge in [-0.3, -0.25) is 9.63 Å². The van der Waals surface area contributed by atoms with Crippen molar-refractivity contribution in [1.29, 1.82) is 5.26 Å². The summed E-state index contributed by atoms with van der Waals surface area (Å²) in [6, 6.07) is 8.40. The van der Waals surface area contributed by atoms with E-state index in [0.717, 1.165) is 12.8 Å². The third kappa shape index (κ3) is 4.74. The van der Waals surface area contributed by atoms with Crippen molar-refractivity contribution in [3.63, 3.8) is 0 Å². The minimum atomic E-state index is -4.71.